The summed E-state index contributed by atoms with van der Waals surface area (Å²) < 4.78 is 17.3. The second-order valence-corrected chi connectivity index (χ2v) is 7.22. The summed E-state index contributed by atoms with van der Waals surface area (Å²) in [4.78, 5) is 0. The number of aryl methyl sites for hydroxylation is 2. The van der Waals surface area contributed by atoms with Gasteiger partial charge in [-0.25, -0.2) is 4.39 Å². The summed E-state index contributed by atoms with van der Waals surface area (Å²) in [6.07, 6.45) is 2.63. The Morgan fingerprint density at radius 3 is 2.71 bits per heavy atom. The first-order valence-electron chi connectivity index (χ1n) is 8.95. The summed E-state index contributed by atoms with van der Waals surface area (Å²) in [5, 5.41) is 16.2. The van der Waals surface area contributed by atoms with E-state index in [2.05, 4.69) is 20.8 Å². The Labute approximate surface area is 173 Å². The lowest BCUT2D eigenvalue weighted by atomic mass is 10.2. The molecule has 9 heteroatoms. The van der Waals surface area contributed by atoms with Crippen LogP contribution in [-0.4, -0.2) is 31.2 Å². The van der Waals surface area contributed by atoms with E-state index in [1.807, 2.05) is 18.5 Å². The second-order valence-electron chi connectivity index (χ2n) is 6.43. The summed E-state index contributed by atoms with van der Waals surface area (Å²) in [5.41, 5.74) is 2.40. The molecule has 0 saturated heterocycles. The van der Waals surface area contributed by atoms with Gasteiger partial charge in [-0.3, -0.25) is 9.36 Å². The van der Waals surface area contributed by atoms with Gasteiger partial charge in [0.05, 0.1) is 23.0 Å². The Hall–Kier alpha value is -2.45. The highest BCUT2D eigenvalue weighted by atomic mass is 35.5. The van der Waals surface area contributed by atoms with Gasteiger partial charge in [-0.15, -0.1) is 0 Å². The molecule has 0 spiro atoms. The quantitative estimate of drug-likeness (QED) is 0.448. The Kier molecular flexibility index (Phi) is 6.64. The first-order valence-corrected chi connectivity index (χ1v) is 9.74. The molecule has 1 aromatic carbocycles. The minimum Gasteiger partial charge on any atom is -0.362 e. The fraction of sp³-hybridized carbons (Fsp3) is 0.316. The SMILES string of the molecule is Cc1nn(CCCNC(=S)Nc2ccn(Cc3ccccc3F)n2)c(C)c1Cl. The summed E-state index contributed by atoms with van der Waals surface area (Å²) >= 11 is 11.5. The molecule has 0 bridgehead atoms. The lowest BCUT2D eigenvalue weighted by Crippen LogP contribution is -2.30. The van der Waals surface area contributed by atoms with E-state index in [1.54, 1.807) is 35.1 Å². The lowest BCUT2D eigenvalue weighted by molar-refractivity contribution is 0.558. The lowest BCUT2D eigenvalue weighted by Gasteiger charge is -2.09. The van der Waals surface area contributed by atoms with E-state index in [-0.39, 0.29) is 5.82 Å². The monoisotopic (exact) mass is 420 g/mol. The highest BCUT2D eigenvalue weighted by Crippen LogP contribution is 2.18. The molecule has 28 heavy (non-hydrogen) atoms. The van der Waals surface area contributed by atoms with E-state index in [1.165, 1.54) is 6.07 Å². The second kappa shape index (κ2) is 9.16. The zero-order valence-corrected chi connectivity index (χ0v) is 17.3. The average molecular weight is 421 g/mol. The smallest absolute Gasteiger partial charge is 0.171 e. The first-order chi connectivity index (χ1) is 13.4. The molecule has 0 atom stereocenters. The topological polar surface area (TPSA) is 59.7 Å². The van der Waals surface area contributed by atoms with Gasteiger partial charge < -0.3 is 10.6 Å². The molecule has 2 N–H and O–H groups in total. The number of nitrogens with zero attached hydrogens (tertiary/aromatic N) is 4. The fourth-order valence-electron chi connectivity index (χ4n) is 2.80. The number of rotatable bonds is 7. The van der Waals surface area contributed by atoms with Crippen LogP contribution in [0.25, 0.3) is 0 Å². The maximum atomic E-state index is 13.7. The normalized spacial score (nSPS) is 10.9. The highest BCUT2D eigenvalue weighted by Gasteiger charge is 2.09. The molecule has 148 valence electrons. The van der Waals surface area contributed by atoms with Crippen LogP contribution in [0.1, 0.15) is 23.4 Å². The number of hydrogen-bond acceptors (Lipinski definition) is 3. The Morgan fingerprint density at radius 1 is 1.21 bits per heavy atom. The fourth-order valence-corrected chi connectivity index (χ4v) is 3.14. The summed E-state index contributed by atoms with van der Waals surface area (Å²) in [5.74, 6) is 0.368. The first kappa shape index (κ1) is 20.3. The molecule has 0 aliphatic heterocycles. The highest BCUT2D eigenvalue weighted by molar-refractivity contribution is 7.80. The third-order valence-corrected chi connectivity index (χ3v) is 5.09. The minimum atomic E-state index is -0.242. The number of anilines is 1. The Morgan fingerprint density at radius 2 is 2.00 bits per heavy atom. The van der Waals surface area contributed by atoms with Gasteiger partial charge in [0, 0.05) is 30.9 Å². The van der Waals surface area contributed by atoms with Crippen LogP contribution < -0.4 is 10.6 Å². The molecule has 2 aromatic heterocycles. The summed E-state index contributed by atoms with van der Waals surface area (Å²) in [6, 6.07) is 8.46. The van der Waals surface area contributed by atoms with Crippen LogP contribution in [0.2, 0.25) is 5.02 Å². The standard InChI is InChI=1S/C19H22ClFN6S/c1-13-18(20)14(2)27(24-13)10-5-9-22-19(28)23-17-8-11-26(25-17)12-15-6-3-4-7-16(15)21/h3-4,6-8,11H,5,9-10,12H2,1-2H3,(H2,22,23,25,28). The predicted octanol–water partition coefficient (Wildman–Crippen LogP) is 3.91. The number of nitrogens with one attached hydrogen (secondary N) is 2. The van der Waals surface area contributed by atoms with Gasteiger partial charge in [0.1, 0.15) is 5.82 Å². The predicted molar refractivity (Wildman–Crippen MR) is 113 cm³/mol. The van der Waals surface area contributed by atoms with Crippen molar-refractivity contribution in [1.82, 2.24) is 24.9 Å². The van der Waals surface area contributed by atoms with Gasteiger partial charge in [0.15, 0.2) is 10.9 Å². The Balaban J connectivity index is 1.43. The van der Waals surface area contributed by atoms with E-state index >= 15 is 0 Å². The van der Waals surface area contributed by atoms with Gasteiger partial charge in [-0.1, -0.05) is 29.8 Å². The van der Waals surface area contributed by atoms with Gasteiger partial charge in [-0.2, -0.15) is 10.2 Å². The molecule has 3 aromatic rings. The molecule has 0 aliphatic carbocycles. The molecule has 0 radical (unpaired) electrons. The summed E-state index contributed by atoms with van der Waals surface area (Å²) in [7, 11) is 0. The minimum absolute atomic E-state index is 0.242. The maximum absolute atomic E-state index is 13.7. The van der Waals surface area contributed by atoms with Crippen LogP contribution in [0.3, 0.4) is 0 Å². The van der Waals surface area contributed by atoms with Crippen LogP contribution in [0, 0.1) is 19.7 Å². The van der Waals surface area contributed by atoms with E-state index in [4.69, 9.17) is 23.8 Å². The van der Waals surface area contributed by atoms with Gasteiger partial charge >= 0.3 is 0 Å². The van der Waals surface area contributed by atoms with Crippen LogP contribution >= 0.6 is 23.8 Å². The van der Waals surface area contributed by atoms with Crippen molar-refractivity contribution >= 4 is 34.7 Å². The molecule has 0 fully saturated rings. The van der Waals surface area contributed by atoms with Crippen molar-refractivity contribution in [2.24, 2.45) is 0 Å². The molecule has 6 nitrogen and oxygen atoms in total. The average Bonchev–Trinajstić information content (AvgIpc) is 3.20. The number of hydrogen-bond donors (Lipinski definition) is 2. The van der Waals surface area contributed by atoms with Gasteiger partial charge in [0.2, 0.25) is 0 Å². The van der Waals surface area contributed by atoms with Crippen molar-refractivity contribution in [2.45, 2.75) is 33.4 Å². The number of halogens is 2. The molecule has 3 rings (SSSR count). The zero-order valence-electron chi connectivity index (χ0n) is 15.7. The van der Waals surface area contributed by atoms with E-state index in [0.717, 1.165) is 29.4 Å². The van der Waals surface area contributed by atoms with Crippen molar-refractivity contribution in [3.8, 4) is 0 Å². The maximum Gasteiger partial charge on any atom is 0.171 e. The number of benzene rings is 1. The molecule has 0 unspecified atom stereocenters. The van der Waals surface area contributed by atoms with Gasteiger partial charge in [-0.05, 0) is 38.6 Å². The number of aromatic nitrogens is 4. The largest absolute Gasteiger partial charge is 0.362 e. The molecule has 2 heterocycles. The van der Waals surface area contributed by atoms with Crippen LogP contribution in [0.5, 0.6) is 0 Å². The van der Waals surface area contributed by atoms with Crippen molar-refractivity contribution < 1.29 is 4.39 Å². The van der Waals surface area contributed by atoms with Crippen molar-refractivity contribution in [3.05, 3.63) is 64.3 Å². The van der Waals surface area contributed by atoms with Crippen LogP contribution in [-0.2, 0) is 13.1 Å². The molecule has 0 aliphatic rings. The zero-order chi connectivity index (χ0) is 20.1. The molecule has 0 amide bonds. The third-order valence-electron chi connectivity index (χ3n) is 4.30. The van der Waals surface area contributed by atoms with Gasteiger partial charge in [0.25, 0.3) is 0 Å². The molecular formula is C19H22ClFN6S. The third kappa shape index (κ3) is 5.08. The number of thiocarbonyl (C=S) groups is 1. The van der Waals surface area contributed by atoms with Crippen molar-refractivity contribution in [3.63, 3.8) is 0 Å². The van der Waals surface area contributed by atoms with E-state index < -0.39 is 0 Å². The Bertz CT molecular complexity index is 967. The van der Waals surface area contributed by atoms with E-state index in [0.29, 0.717) is 29.6 Å². The molecular weight excluding hydrogens is 399 g/mol. The summed E-state index contributed by atoms with van der Waals surface area (Å²) in [6.45, 7) is 5.66. The van der Waals surface area contributed by atoms with Crippen molar-refractivity contribution in [1.29, 1.82) is 0 Å². The van der Waals surface area contributed by atoms with Crippen LogP contribution in [0.15, 0.2) is 36.5 Å². The van der Waals surface area contributed by atoms with Crippen molar-refractivity contribution in [2.75, 3.05) is 11.9 Å². The van der Waals surface area contributed by atoms with Crippen LogP contribution in [0.4, 0.5) is 10.2 Å². The van der Waals surface area contributed by atoms with E-state index in [9.17, 15) is 4.39 Å². The molecule has 0 saturated carbocycles.